The van der Waals surface area contributed by atoms with Gasteiger partial charge in [-0.05, 0) is 31.0 Å². The van der Waals surface area contributed by atoms with Crippen LogP contribution in [0.4, 0.5) is 5.13 Å². The van der Waals surface area contributed by atoms with Gasteiger partial charge in [-0.25, -0.2) is 4.98 Å². The van der Waals surface area contributed by atoms with Gasteiger partial charge in [0.1, 0.15) is 0 Å². The van der Waals surface area contributed by atoms with Crippen LogP contribution in [0.25, 0.3) is 11.3 Å². The molecule has 3 aromatic rings. The van der Waals surface area contributed by atoms with E-state index in [1.165, 1.54) is 23.8 Å². The van der Waals surface area contributed by atoms with Gasteiger partial charge in [-0.2, -0.15) is 0 Å². The van der Waals surface area contributed by atoms with Crippen LogP contribution in [0.3, 0.4) is 0 Å². The predicted octanol–water partition coefficient (Wildman–Crippen LogP) is 4.63. The van der Waals surface area contributed by atoms with Crippen LogP contribution in [0.1, 0.15) is 36.1 Å². The maximum absolute atomic E-state index is 12.5. The molecule has 28 heavy (non-hydrogen) atoms. The Bertz CT molecular complexity index is 982. The van der Waals surface area contributed by atoms with Gasteiger partial charge in [-0.1, -0.05) is 48.0 Å². The molecular weight excluding hydrogens is 370 g/mol. The SMILES string of the molecule is CC(=O)N[C@@H](CC(=O)Nc1nc(-c2cc(C)ccc2C)cs1)c1ccccc1. The molecule has 0 fully saturated rings. The highest BCUT2D eigenvalue weighted by atomic mass is 32.1. The third-order valence-corrected chi connectivity index (χ3v) is 5.15. The Morgan fingerprint density at radius 3 is 2.57 bits per heavy atom. The van der Waals surface area contributed by atoms with Gasteiger partial charge in [0.25, 0.3) is 0 Å². The Kier molecular flexibility index (Phi) is 6.21. The van der Waals surface area contributed by atoms with Crippen molar-refractivity contribution in [2.45, 2.75) is 33.2 Å². The summed E-state index contributed by atoms with van der Waals surface area (Å²) < 4.78 is 0. The van der Waals surface area contributed by atoms with Crippen LogP contribution >= 0.6 is 11.3 Å². The molecule has 1 atom stereocenters. The molecule has 0 saturated carbocycles. The number of thiazole rings is 1. The third kappa shape index (κ3) is 5.04. The lowest BCUT2D eigenvalue weighted by Crippen LogP contribution is -2.29. The van der Waals surface area contributed by atoms with Crippen LogP contribution in [-0.2, 0) is 9.59 Å². The molecule has 0 aliphatic rings. The number of carbonyl (C=O) groups excluding carboxylic acids is 2. The van der Waals surface area contributed by atoms with Gasteiger partial charge >= 0.3 is 0 Å². The molecule has 0 aliphatic carbocycles. The number of rotatable bonds is 6. The van der Waals surface area contributed by atoms with Crippen molar-refractivity contribution < 1.29 is 9.59 Å². The number of hydrogen-bond donors (Lipinski definition) is 2. The van der Waals surface area contributed by atoms with Crippen molar-refractivity contribution in [3.05, 3.63) is 70.6 Å². The summed E-state index contributed by atoms with van der Waals surface area (Å²) in [6.45, 7) is 5.54. The van der Waals surface area contributed by atoms with E-state index in [1.54, 1.807) is 0 Å². The normalized spacial score (nSPS) is 11.7. The Morgan fingerprint density at radius 1 is 1.11 bits per heavy atom. The van der Waals surface area contributed by atoms with Crippen molar-refractivity contribution in [3.63, 3.8) is 0 Å². The topological polar surface area (TPSA) is 71.1 Å². The van der Waals surface area contributed by atoms with E-state index in [0.717, 1.165) is 22.4 Å². The average molecular weight is 394 g/mol. The van der Waals surface area contributed by atoms with Crippen molar-refractivity contribution in [1.82, 2.24) is 10.3 Å². The number of nitrogens with zero attached hydrogens (tertiary/aromatic N) is 1. The van der Waals surface area contributed by atoms with Gasteiger partial charge in [-0.15, -0.1) is 11.3 Å². The van der Waals surface area contributed by atoms with Gasteiger partial charge in [0, 0.05) is 17.9 Å². The monoisotopic (exact) mass is 393 g/mol. The molecule has 0 radical (unpaired) electrons. The highest BCUT2D eigenvalue weighted by Gasteiger charge is 2.18. The summed E-state index contributed by atoms with van der Waals surface area (Å²) in [4.78, 5) is 28.6. The molecular formula is C22H23N3O2S. The summed E-state index contributed by atoms with van der Waals surface area (Å²) in [5, 5.41) is 8.19. The molecule has 1 heterocycles. The van der Waals surface area contributed by atoms with E-state index in [9.17, 15) is 9.59 Å². The first-order chi connectivity index (χ1) is 13.4. The van der Waals surface area contributed by atoms with Gasteiger partial charge in [0.2, 0.25) is 11.8 Å². The summed E-state index contributed by atoms with van der Waals surface area (Å²) in [7, 11) is 0. The van der Waals surface area contributed by atoms with Gasteiger partial charge in [-0.3, -0.25) is 9.59 Å². The molecule has 2 aromatic carbocycles. The number of aryl methyl sites for hydroxylation is 2. The fourth-order valence-corrected chi connectivity index (χ4v) is 3.73. The Labute approximate surface area is 168 Å². The fraction of sp³-hybridized carbons (Fsp3) is 0.227. The summed E-state index contributed by atoms with van der Waals surface area (Å²) in [6, 6.07) is 15.3. The summed E-state index contributed by atoms with van der Waals surface area (Å²) >= 11 is 1.39. The summed E-state index contributed by atoms with van der Waals surface area (Å²) in [5.74, 6) is -0.363. The Balaban J connectivity index is 1.71. The third-order valence-electron chi connectivity index (χ3n) is 4.39. The zero-order valence-corrected chi connectivity index (χ0v) is 17.0. The molecule has 3 rings (SSSR count). The predicted molar refractivity (Wildman–Crippen MR) is 113 cm³/mol. The summed E-state index contributed by atoms with van der Waals surface area (Å²) in [6.07, 6.45) is 0.141. The smallest absolute Gasteiger partial charge is 0.228 e. The van der Waals surface area contributed by atoms with Crippen LogP contribution in [0.15, 0.2) is 53.9 Å². The van der Waals surface area contributed by atoms with Gasteiger partial charge < -0.3 is 10.6 Å². The molecule has 1 aromatic heterocycles. The first-order valence-electron chi connectivity index (χ1n) is 9.07. The van der Waals surface area contributed by atoms with Crippen molar-refractivity contribution in [2.24, 2.45) is 0 Å². The molecule has 5 nitrogen and oxygen atoms in total. The maximum atomic E-state index is 12.5. The minimum atomic E-state index is -0.378. The van der Waals surface area contributed by atoms with Crippen molar-refractivity contribution >= 4 is 28.3 Å². The minimum Gasteiger partial charge on any atom is -0.349 e. The molecule has 144 valence electrons. The number of carbonyl (C=O) groups is 2. The first-order valence-corrected chi connectivity index (χ1v) is 9.95. The van der Waals surface area contributed by atoms with Gasteiger partial charge in [0.15, 0.2) is 5.13 Å². The zero-order valence-electron chi connectivity index (χ0n) is 16.2. The standard InChI is InChI=1S/C22H23N3O2S/c1-14-9-10-15(2)18(11-14)20-13-28-22(24-20)25-21(27)12-19(23-16(3)26)17-7-5-4-6-8-17/h4-11,13,19H,12H2,1-3H3,(H,23,26)(H,24,25,27)/t19-/m0/s1. The highest BCUT2D eigenvalue weighted by Crippen LogP contribution is 2.28. The number of benzene rings is 2. The van der Waals surface area contributed by atoms with Crippen LogP contribution in [0, 0.1) is 13.8 Å². The largest absolute Gasteiger partial charge is 0.349 e. The molecule has 0 spiro atoms. The lowest BCUT2D eigenvalue weighted by Gasteiger charge is -2.17. The van der Waals surface area contributed by atoms with E-state index < -0.39 is 0 Å². The van der Waals surface area contributed by atoms with Crippen LogP contribution in [0.2, 0.25) is 0 Å². The van der Waals surface area contributed by atoms with Gasteiger partial charge in [0.05, 0.1) is 18.2 Å². The number of hydrogen-bond acceptors (Lipinski definition) is 4. The van der Waals surface area contributed by atoms with E-state index >= 15 is 0 Å². The molecule has 2 amide bonds. The molecule has 0 unspecified atom stereocenters. The number of nitrogens with one attached hydrogen (secondary N) is 2. The molecule has 0 saturated heterocycles. The number of amides is 2. The van der Waals surface area contributed by atoms with Crippen molar-refractivity contribution in [2.75, 3.05) is 5.32 Å². The maximum Gasteiger partial charge on any atom is 0.228 e. The molecule has 0 bridgehead atoms. The Hall–Kier alpha value is -2.99. The van der Waals surface area contributed by atoms with E-state index in [0.29, 0.717) is 5.13 Å². The van der Waals surface area contributed by atoms with E-state index in [-0.39, 0.29) is 24.3 Å². The zero-order chi connectivity index (χ0) is 20.1. The minimum absolute atomic E-state index is 0.141. The van der Waals surface area contributed by atoms with Crippen LogP contribution < -0.4 is 10.6 Å². The lowest BCUT2D eigenvalue weighted by molar-refractivity contribution is -0.120. The number of anilines is 1. The average Bonchev–Trinajstić information content (AvgIpc) is 3.11. The second-order valence-corrected chi connectivity index (χ2v) is 7.63. The Morgan fingerprint density at radius 2 is 1.86 bits per heavy atom. The quantitative estimate of drug-likeness (QED) is 0.641. The number of aromatic nitrogens is 1. The fourth-order valence-electron chi connectivity index (χ4n) is 3.01. The van der Waals surface area contributed by atoms with Crippen LogP contribution in [0.5, 0.6) is 0 Å². The van der Waals surface area contributed by atoms with E-state index in [2.05, 4.69) is 33.8 Å². The van der Waals surface area contributed by atoms with Crippen molar-refractivity contribution in [3.8, 4) is 11.3 Å². The second kappa shape index (κ2) is 8.80. The summed E-state index contributed by atoms with van der Waals surface area (Å²) in [5.41, 5.74) is 5.12. The first kappa shape index (κ1) is 19.8. The van der Waals surface area contributed by atoms with Crippen LogP contribution in [-0.4, -0.2) is 16.8 Å². The van der Waals surface area contributed by atoms with E-state index in [4.69, 9.17) is 0 Å². The molecule has 2 N–H and O–H groups in total. The van der Waals surface area contributed by atoms with E-state index in [1.807, 2.05) is 49.6 Å². The van der Waals surface area contributed by atoms with Crippen molar-refractivity contribution in [1.29, 1.82) is 0 Å². The molecule has 0 aliphatic heterocycles. The highest BCUT2D eigenvalue weighted by molar-refractivity contribution is 7.14. The second-order valence-electron chi connectivity index (χ2n) is 6.77. The lowest BCUT2D eigenvalue weighted by atomic mass is 10.0. The molecule has 6 heteroatoms.